The molecule has 2 aliphatic heterocycles. The first-order valence-corrected chi connectivity index (χ1v) is 19.9. The number of ether oxygens (including phenoxy) is 4. The fraction of sp³-hybridized carbons (Fsp3) is 0.605. The van der Waals surface area contributed by atoms with E-state index in [1.807, 2.05) is 37.3 Å². The topological polar surface area (TPSA) is 192 Å². The Hall–Kier alpha value is -4.44. The minimum atomic E-state index is -4.01. The molecule has 1 aromatic carbocycles. The van der Waals surface area contributed by atoms with Crippen molar-refractivity contribution < 1.29 is 46.5 Å². The fourth-order valence-electron chi connectivity index (χ4n) is 7.05. The first-order chi connectivity index (χ1) is 25.3. The van der Waals surface area contributed by atoms with Crippen molar-refractivity contribution in [1.29, 1.82) is 0 Å². The number of benzene rings is 1. The number of nitrogens with one attached hydrogen (secondary N) is 3. The molecule has 1 saturated heterocycles. The number of allylic oxidation sites excluding steroid dienone is 1. The van der Waals surface area contributed by atoms with Crippen molar-refractivity contribution in [1.82, 2.24) is 25.2 Å². The monoisotopic (exact) mass is 769 g/mol. The minimum absolute atomic E-state index is 0.00513. The summed E-state index contributed by atoms with van der Waals surface area (Å²) in [5, 5.41) is 7.04. The smallest absolute Gasteiger partial charge is 0.408 e. The molecule has 7 atom stereocenters. The molecular formula is C38H51N5O10S. The number of pyridine rings is 1. The van der Waals surface area contributed by atoms with E-state index >= 15 is 0 Å². The maximum absolute atomic E-state index is 14.7. The van der Waals surface area contributed by atoms with Gasteiger partial charge in [-0.2, -0.15) is 0 Å². The van der Waals surface area contributed by atoms with Crippen LogP contribution in [0.4, 0.5) is 4.79 Å². The van der Waals surface area contributed by atoms with E-state index in [2.05, 4.69) is 20.3 Å². The van der Waals surface area contributed by atoms with Gasteiger partial charge >= 0.3 is 6.09 Å². The zero-order valence-corrected chi connectivity index (χ0v) is 32.7. The number of fused-ring (bicyclic) bond motifs is 3. The Labute approximate surface area is 315 Å². The standard InChI is InChI=1S/C38H51N5O10S/c1-22-10-8-9-11-25-20-38(25,34(46)42-54(48,49)37(6)15-16-37)41-31(44)29-19-27(52-32-28-13-12-26(50-7)18-24(28)14-17-39-32)21-43(29)33(45)30(23(2)51-22)40-35(47)53-36(3,4)5/h9,11-14,17-18,22-23,25,27,29-30H,8,10,15-16,19-21H2,1-7H3,(H,40,47)(H,41,44)(H,42,46)/b11-9-/t22-,23-,25+,27+,29-,30-,38+/m0/s1. The maximum atomic E-state index is 14.7. The Balaban J connectivity index is 1.35. The van der Waals surface area contributed by atoms with Gasteiger partial charge in [0.15, 0.2) is 0 Å². The zero-order valence-electron chi connectivity index (χ0n) is 31.8. The van der Waals surface area contributed by atoms with Crippen LogP contribution in [0.3, 0.4) is 0 Å². The molecule has 16 heteroatoms. The normalized spacial score (nSPS) is 30.4. The third-order valence-corrected chi connectivity index (χ3v) is 12.8. The second-order valence-electron chi connectivity index (χ2n) is 16.1. The van der Waals surface area contributed by atoms with Crippen molar-refractivity contribution in [3.8, 4) is 11.6 Å². The lowest BCUT2D eigenvalue weighted by atomic mass is 10.1. The number of aromatic nitrogens is 1. The van der Waals surface area contributed by atoms with Crippen molar-refractivity contribution in [2.24, 2.45) is 5.92 Å². The van der Waals surface area contributed by atoms with Crippen LogP contribution in [0.2, 0.25) is 0 Å². The quantitative estimate of drug-likeness (QED) is 0.350. The maximum Gasteiger partial charge on any atom is 0.408 e. The Kier molecular flexibility index (Phi) is 10.7. The summed E-state index contributed by atoms with van der Waals surface area (Å²) in [5.74, 6) is -1.67. The first-order valence-electron chi connectivity index (χ1n) is 18.4. The van der Waals surface area contributed by atoms with Crippen molar-refractivity contribution >= 4 is 44.6 Å². The molecule has 6 rings (SSSR count). The molecule has 2 saturated carbocycles. The summed E-state index contributed by atoms with van der Waals surface area (Å²) in [6.07, 6.45) is 4.65. The average Bonchev–Trinajstić information content (AvgIpc) is 3.97. The summed E-state index contributed by atoms with van der Waals surface area (Å²) >= 11 is 0. The molecule has 54 heavy (non-hydrogen) atoms. The molecule has 4 amide bonds. The van der Waals surface area contributed by atoms with Gasteiger partial charge < -0.3 is 34.5 Å². The van der Waals surface area contributed by atoms with E-state index in [1.165, 1.54) is 4.90 Å². The number of nitrogens with zero attached hydrogens (tertiary/aromatic N) is 2. The van der Waals surface area contributed by atoms with Crippen LogP contribution in [0.15, 0.2) is 42.6 Å². The number of amides is 4. The van der Waals surface area contributed by atoms with Crippen LogP contribution in [-0.4, -0.2) is 102 Å². The van der Waals surface area contributed by atoms with Crippen LogP contribution in [0, 0.1) is 5.92 Å². The molecule has 0 radical (unpaired) electrons. The molecule has 2 aliphatic carbocycles. The van der Waals surface area contributed by atoms with Crippen molar-refractivity contribution in [2.75, 3.05) is 13.7 Å². The van der Waals surface area contributed by atoms with Gasteiger partial charge in [-0.1, -0.05) is 12.2 Å². The van der Waals surface area contributed by atoms with Crippen LogP contribution in [-0.2, 0) is 33.9 Å². The highest BCUT2D eigenvalue weighted by Gasteiger charge is 2.63. The van der Waals surface area contributed by atoms with Gasteiger partial charge in [0.25, 0.3) is 5.91 Å². The third-order valence-electron chi connectivity index (χ3n) is 10.6. The average molecular weight is 770 g/mol. The van der Waals surface area contributed by atoms with Crippen LogP contribution in [0.1, 0.15) is 80.1 Å². The summed E-state index contributed by atoms with van der Waals surface area (Å²) in [5.41, 5.74) is -2.42. The van der Waals surface area contributed by atoms with Crippen LogP contribution in [0.5, 0.6) is 11.6 Å². The Morgan fingerprint density at radius 2 is 1.87 bits per heavy atom. The van der Waals surface area contributed by atoms with Gasteiger partial charge in [0.05, 0.1) is 30.6 Å². The van der Waals surface area contributed by atoms with Crippen molar-refractivity contribution in [2.45, 2.75) is 126 Å². The lowest BCUT2D eigenvalue weighted by Crippen LogP contribution is -2.60. The number of methoxy groups -OCH3 is 1. The molecule has 3 N–H and O–H groups in total. The zero-order chi connectivity index (χ0) is 39.2. The molecule has 0 unspecified atom stereocenters. The number of alkyl carbamates (subject to hydrolysis) is 1. The third kappa shape index (κ3) is 8.28. The second-order valence-corrected chi connectivity index (χ2v) is 18.3. The van der Waals surface area contributed by atoms with Crippen LogP contribution < -0.4 is 24.8 Å². The van der Waals surface area contributed by atoms with Gasteiger partial charge in [-0.25, -0.2) is 18.2 Å². The lowest BCUT2D eigenvalue weighted by molar-refractivity contribution is -0.144. The molecule has 294 valence electrons. The Morgan fingerprint density at radius 1 is 1.13 bits per heavy atom. The van der Waals surface area contributed by atoms with E-state index in [-0.39, 0.29) is 31.4 Å². The van der Waals surface area contributed by atoms with Gasteiger partial charge in [0.2, 0.25) is 27.7 Å². The van der Waals surface area contributed by atoms with Gasteiger partial charge in [-0.05, 0) is 103 Å². The van der Waals surface area contributed by atoms with E-state index in [1.54, 1.807) is 54.0 Å². The van der Waals surface area contributed by atoms with E-state index < -0.39 is 79.9 Å². The molecule has 4 aliphatic rings. The van der Waals surface area contributed by atoms with Crippen LogP contribution >= 0.6 is 0 Å². The number of carbonyl (C=O) groups is 4. The van der Waals surface area contributed by atoms with E-state index in [4.69, 9.17) is 18.9 Å². The van der Waals surface area contributed by atoms with Gasteiger partial charge in [0, 0.05) is 23.9 Å². The molecule has 0 spiro atoms. The number of hydrogen-bond donors (Lipinski definition) is 3. The summed E-state index contributed by atoms with van der Waals surface area (Å²) in [6, 6.07) is 4.78. The minimum Gasteiger partial charge on any atom is -0.497 e. The fourth-order valence-corrected chi connectivity index (χ4v) is 8.36. The largest absolute Gasteiger partial charge is 0.497 e. The number of carbonyl (C=O) groups excluding carboxylic acids is 4. The molecule has 1 aromatic heterocycles. The van der Waals surface area contributed by atoms with Gasteiger partial charge in [0.1, 0.15) is 35.1 Å². The highest BCUT2D eigenvalue weighted by atomic mass is 32.2. The summed E-state index contributed by atoms with van der Waals surface area (Å²) < 4.78 is 51.0. The Morgan fingerprint density at radius 3 is 2.56 bits per heavy atom. The van der Waals surface area contributed by atoms with Gasteiger partial charge in [-0.3, -0.25) is 19.1 Å². The van der Waals surface area contributed by atoms with Crippen molar-refractivity contribution in [3.63, 3.8) is 0 Å². The summed E-state index contributed by atoms with van der Waals surface area (Å²) in [7, 11) is -2.44. The predicted octanol–water partition coefficient (Wildman–Crippen LogP) is 3.50. The second kappa shape index (κ2) is 14.7. The van der Waals surface area contributed by atoms with Gasteiger partial charge in [-0.15, -0.1) is 0 Å². The lowest BCUT2D eigenvalue weighted by Gasteiger charge is -2.33. The predicted molar refractivity (Wildman–Crippen MR) is 198 cm³/mol. The van der Waals surface area contributed by atoms with E-state index in [0.717, 1.165) is 5.39 Å². The Bertz CT molecular complexity index is 1940. The molecule has 2 aromatic rings. The van der Waals surface area contributed by atoms with Crippen molar-refractivity contribution in [3.05, 3.63) is 42.6 Å². The van der Waals surface area contributed by atoms with E-state index in [0.29, 0.717) is 36.8 Å². The SMILES string of the molecule is COc1ccc2c(O[C@@H]3C[C@H]4C(=O)N[C@]5(C(=O)NS(=O)(=O)C6(C)CC6)C[C@H]5/C=C\CC[C@H](C)O[C@@H](C)[C@H](NC(=O)OC(C)(C)C)C(=O)N4C3)nccc2c1. The molecule has 15 nitrogen and oxygen atoms in total. The number of rotatable bonds is 7. The molecule has 3 heterocycles. The first kappa shape index (κ1) is 39.3. The molecule has 3 fully saturated rings. The summed E-state index contributed by atoms with van der Waals surface area (Å²) in [4.78, 5) is 61.9. The van der Waals surface area contributed by atoms with E-state index in [9.17, 15) is 27.6 Å². The highest BCUT2D eigenvalue weighted by Crippen LogP contribution is 2.47. The number of sulfonamides is 1. The van der Waals surface area contributed by atoms with Crippen LogP contribution in [0.25, 0.3) is 10.8 Å². The summed E-state index contributed by atoms with van der Waals surface area (Å²) in [6.45, 7) is 10.1. The molecule has 0 bridgehead atoms. The molecular weight excluding hydrogens is 719 g/mol. The highest BCUT2D eigenvalue weighted by molar-refractivity contribution is 7.91. The number of hydrogen-bond acceptors (Lipinski definition) is 11.